The average Bonchev–Trinajstić information content (AvgIpc) is 2.53. The third-order valence-corrected chi connectivity index (χ3v) is 3.58. The fourth-order valence-electron chi connectivity index (χ4n) is 2.46. The van der Waals surface area contributed by atoms with Gasteiger partial charge in [-0.2, -0.15) is 0 Å². The van der Waals surface area contributed by atoms with Gasteiger partial charge in [-0.15, -0.1) is 0 Å². The van der Waals surface area contributed by atoms with Crippen molar-refractivity contribution < 1.29 is 4.74 Å². The van der Waals surface area contributed by atoms with E-state index in [4.69, 9.17) is 4.74 Å². The van der Waals surface area contributed by atoms with Gasteiger partial charge >= 0.3 is 0 Å². The Balaban J connectivity index is 2.39. The topological polar surface area (TPSA) is 21.3 Å². The van der Waals surface area contributed by atoms with Crippen LogP contribution in [0.25, 0.3) is 0 Å². The van der Waals surface area contributed by atoms with E-state index in [0.29, 0.717) is 0 Å². The number of hydrogen-bond acceptors (Lipinski definition) is 2. The fraction of sp³-hybridized carbons (Fsp3) is 0.333. The normalized spacial score (nSPS) is 12.2. The summed E-state index contributed by atoms with van der Waals surface area (Å²) in [6, 6.07) is 17.2. The minimum Gasteiger partial charge on any atom is -0.496 e. The first-order valence-corrected chi connectivity index (χ1v) is 7.25. The van der Waals surface area contributed by atoms with Crippen molar-refractivity contribution in [2.75, 3.05) is 13.7 Å². The number of rotatable bonds is 6. The summed E-state index contributed by atoms with van der Waals surface area (Å²) in [6.07, 6.45) is 1.07. The third-order valence-electron chi connectivity index (χ3n) is 3.58. The quantitative estimate of drug-likeness (QED) is 0.857. The largest absolute Gasteiger partial charge is 0.496 e. The van der Waals surface area contributed by atoms with Crippen LogP contribution in [0.2, 0.25) is 0 Å². The van der Waals surface area contributed by atoms with Crippen LogP contribution in [0.15, 0.2) is 48.5 Å². The number of aryl methyl sites for hydroxylation is 1. The van der Waals surface area contributed by atoms with Gasteiger partial charge in [-0.05, 0) is 30.2 Å². The first kappa shape index (κ1) is 14.6. The van der Waals surface area contributed by atoms with E-state index in [1.54, 1.807) is 7.11 Å². The van der Waals surface area contributed by atoms with Crippen LogP contribution < -0.4 is 10.1 Å². The first-order chi connectivity index (χ1) is 9.80. The molecule has 1 unspecified atom stereocenters. The molecule has 0 aliphatic rings. The summed E-state index contributed by atoms with van der Waals surface area (Å²) in [7, 11) is 1.72. The number of methoxy groups -OCH3 is 1. The van der Waals surface area contributed by atoms with Crippen LogP contribution in [0.4, 0.5) is 0 Å². The summed E-state index contributed by atoms with van der Waals surface area (Å²) in [5.41, 5.74) is 3.82. The lowest BCUT2D eigenvalue weighted by molar-refractivity contribution is 0.404. The van der Waals surface area contributed by atoms with Gasteiger partial charge in [0.05, 0.1) is 13.2 Å². The second-order valence-electron chi connectivity index (χ2n) is 4.83. The zero-order valence-electron chi connectivity index (χ0n) is 12.5. The minimum absolute atomic E-state index is 0.169. The third kappa shape index (κ3) is 3.20. The van der Waals surface area contributed by atoms with Gasteiger partial charge < -0.3 is 10.1 Å². The number of benzene rings is 2. The molecule has 2 heteroatoms. The van der Waals surface area contributed by atoms with Crippen molar-refractivity contribution in [3.63, 3.8) is 0 Å². The molecule has 20 heavy (non-hydrogen) atoms. The van der Waals surface area contributed by atoms with Gasteiger partial charge in [-0.1, -0.05) is 56.3 Å². The molecule has 0 heterocycles. The van der Waals surface area contributed by atoms with Crippen molar-refractivity contribution in [3.8, 4) is 5.75 Å². The van der Waals surface area contributed by atoms with E-state index in [1.165, 1.54) is 16.7 Å². The molecule has 2 aromatic carbocycles. The Morgan fingerprint density at radius 2 is 1.70 bits per heavy atom. The predicted octanol–water partition coefficient (Wildman–Crippen LogP) is 3.96. The number of nitrogens with one attached hydrogen (secondary N) is 1. The molecule has 0 saturated heterocycles. The van der Waals surface area contributed by atoms with E-state index >= 15 is 0 Å². The first-order valence-electron chi connectivity index (χ1n) is 7.25. The summed E-state index contributed by atoms with van der Waals surface area (Å²) >= 11 is 0. The highest BCUT2D eigenvalue weighted by atomic mass is 16.5. The smallest absolute Gasteiger partial charge is 0.123 e. The Morgan fingerprint density at radius 3 is 2.30 bits per heavy atom. The van der Waals surface area contributed by atoms with E-state index in [0.717, 1.165) is 18.7 Å². The summed E-state index contributed by atoms with van der Waals surface area (Å²) in [6.45, 7) is 5.22. The molecule has 106 valence electrons. The average molecular weight is 269 g/mol. The Hall–Kier alpha value is -1.80. The molecule has 0 aliphatic carbocycles. The lowest BCUT2D eigenvalue weighted by Gasteiger charge is -2.21. The van der Waals surface area contributed by atoms with Crippen molar-refractivity contribution in [1.82, 2.24) is 5.32 Å². The molecule has 0 amide bonds. The van der Waals surface area contributed by atoms with Gasteiger partial charge in [0, 0.05) is 5.56 Å². The van der Waals surface area contributed by atoms with Gasteiger partial charge in [-0.3, -0.25) is 0 Å². The SMILES string of the molecule is CCNC(c1ccc(CC)cc1)c1ccccc1OC. The summed E-state index contributed by atoms with van der Waals surface area (Å²) in [4.78, 5) is 0. The van der Waals surface area contributed by atoms with Crippen LogP contribution in [0.3, 0.4) is 0 Å². The monoisotopic (exact) mass is 269 g/mol. The van der Waals surface area contributed by atoms with Gasteiger partial charge in [0.15, 0.2) is 0 Å². The van der Waals surface area contributed by atoms with E-state index in [-0.39, 0.29) is 6.04 Å². The summed E-state index contributed by atoms with van der Waals surface area (Å²) in [5.74, 6) is 0.929. The Morgan fingerprint density at radius 1 is 1.00 bits per heavy atom. The zero-order chi connectivity index (χ0) is 14.4. The van der Waals surface area contributed by atoms with E-state index < -0.39 is 0 Å². The molecule has 0 bridgehead atoms. The molecule has 0 spiro atoms. The molecule has 0 radical (unpaired) electrons. The fourth-order valence-corrected chi connectivity index (χ4v) is 2.46. The van der Waals surface area contributed by atoms with E-state index in [2.05, 4.69) is 55.6 Å². The van der Waals surface area contributed by atoms with Crippen LogP contribution >= 0.6 is 0 Å². The van der Waals surface area contributed by atoms with Crippen LogP contribution in [0, 0.1) is 0 Å². The van der Waals surface area contributed by atoms with Crippen molar-refractivity contribution in [3.05, 3.63) is 65.2 Å². The molecular formula is C18H23NO. The number of para-hydroxylation sites is 1. The molecule has 1 atom stereocenters. The van der Waals surface area contributed by atoms with Crippen LogP contribution in [0.5, 0.6) is 5.75 Å². The Labute approximate surface area is 121 Å². The summed E-state index contributed by atoms with van der Waals surface area (Å²) in [5, 5.41) is 3.55. The number of ether oxygens (including phenoxy) is 1. The highest BCUT2D eigenvalue weighted by Crippen LogP contribution is 2.29. The van der Waals surface area contributed by atoms with Crippen molar-refractivity contribution in [1.29, 1.82) is 0 Å². The molecule has 2 nitrogen and oxygen atoms in total. The maximum atomic E-state index is 5.50. The highest BCUT2D eigenvalue weighted by molar-refractivity contribution is 5.42. The van der Waals surface area contributed by atoms with Gasteiger partial charge in [-0.25, -0.2) is 0 Å². The molecule has 2 aromatic rings. The van der Waals surface area contributed by atoms with Crippen LogP contribution in [-0.2, 0) is 6.42 Å². The van der Waals surface area contributed by atoms with Crippen LogP contribution in [0.1, 0.15) is 36.6 Å². The maximum absolute atomic E-state index is 5.50. The van der Waals surface area contributed by atoms with Crippen molar-refractivity contribution in [2.45, 2.75) is 26.3 Å². The Bertz CT molecular complexity index is 533. The van der Waals surface area contributed by atoms with Crippen LogP contribution in [-0.4, -0.2) is 13.7 Å². The standard InChI is InChI=1S/C18H23NO/c1-4-14-10-12-15(13-11-14)18(19-5-2)16-8-6-7-9-17(16)20-3/h6-13,18-19H,4-5H2,1-3H3. The second kappa shape index (κ2) is 7.11. The lowest BCUT2D eigenvalue weighted by atomic mass is 9.96. The van der Waals surface area contributed by atoms with Gasteiger partial charge in [0.1, 0.15) is 5.75 Å². The minimum atomic E-state index is 0.169. The predicted molar refractivity (Wildman–Crippen MR) is 84.3 cm³/mol. The molecule has 0 saturated carbocycles. The summed E-state index contributed by atoms with van der Waals surface area (Å²) < 4.78 is 5.50. The highest BCUT2D eigenvalue weighted by Gasteiger charge is 2.16. The second-order valence-corrected chi connectivity index (χ2v) is 4.83. The molecule has 0 fully saturated rings. The zero-order valence-corrected chi connectivity index (χ0v) is 12.5. The van der Waals surface area contributed by atoms with Gasteiger partial charge in [0.2, 0.25) is 0 Å². The number of hydrogen-bond donors (Lipinski definition) is 1. The van der Waals surface area contributed by atoms with Gasteiger partial charge in [0.25, 0.3) is 0 Å². The molecule has 1 N–H and O–H groups in total. The van der Waals surface area contributed by atoms with Crippen molar-refractivity contribution >= 4 is 0 Å². The van der Waals surface area contributed by atoms with E-state index in [9.17, 15) is 0 Å². The van der Waals surface area contributed by atoms with E-state index in [1.807, 2.05) is 12.1 Å². The molecular weight excluding hydrogens is 246 g/mol. The molecule has 0 aliphatic heterocycles. The molecule has 2 rings (SSSR count). The Kier molecular flexibility index (Phi) is 5.19. The maximum Gasteiger partial charge on any atom is 0.123 e. The van der Waals surface area contributed by atoms with Crippen molar-refractivity contribution in [2.24, 2.45) is 0 Å². The molecule has 0 aromatic heterocycles. The lowest BCUT2D eigenvalue weighted by Crippen LogP contribution is -2.22.